The zero-order valence-electron chi connectivity index (χ0n) is 7.16. The van der Waals surface area contributed by atoms with Gasteiger partial charge in [0.1, 0.15) is 16.7 Å². The number of hydrazine groups is 1. The van der Waals surface area contributed by atoms with E-state index in [1.54, 1.807) is 11.8 Å². The molecule has 0 bridgehead atoms. The van der Waals surface area contributed by atoms with Crippen LogP contribution in [0.5, 0.6) is 0 Å². The molecule has 0 unspecified atom stereocenters. The fourth-order valence-electron chi connectivity index (χ4n) is 0.836. The van der Waals surface area contributed by atoms with Crippen molar-refractivity contribution >= 4 is 17.6 Å². The third-order valence-electron chi connectivity index (χ3n) is 1.25. The minimum atomic E-state index is 0.665. The summed E-state index contributed by atoms with van der Waals surface area (Å²) in [4.78, 5) is 8.30. The van der Waals surface area contributed by atoms with Crippen molar-refractivity contribution < 1.29 is 0 Å². The molecule has 0 atom stereocenters. The van der Waals surface area contributed by atoms with E-state index in [1.165, 1.54) is 0 Å². The number of nitrogens with one attached hydrogen (secondary N) is 1. The topological polar surface area (TPSA) is 63.8 Å². The number of nitrogens with two attached hydrogens (primary N) is 1. The summed E-state index contributed by atoms with van der Waals surface area (Å²) in [5.74, 6) is 7.64. The van der Waals surface area contributed by atoms with Crippen molar-refractivity contribution in [1.82, 2.24) is 9.97 Å². The van der Waals surface area contributed by atoms with Gasteiger partial charge in [-0.3, -0.25) is 0 Å². The fourth-order valence-corrected chi connectivity index (χ4v) is 1.52. The number of nitrogens with zero attached hydrogens (tertiary/aromatic N) is 2. The standard InChI is InChI=1S/C7H12N4S/c1-3-12-7-4-6(11-8)9-5(2)10-7/h4H,3,8H2,1-2H3,(H,9,10,11). The predicted molar refractivity (Wildman–Crippen MR) is 51.0 cm³/mol. The van der Waals surface area contributed by atoms with Crippen LogP contribution >= 0.6 is 11.8 Å². The van der Waals surface area contributed by atoms with Crippen molar-refractivity contribution in [2.45, 2.75) is 18.9 Å². The predicted octanol–water partition coefficient (Wildman–Crippen LogP) is 1.18. The Balaban J connectivity index is 2.90. The van der Waals surface area contributed by atoms with Gasteiger partial charge in [-0.15, -0.1) is 11.8 Å². The maximum atomic E-state index is 5.23. The molecule has 0 fully saturated rings. The summed E-state index contributed by atoms with van der Waals surface area (Å²) in [6.07, 6.45) is 0. The first-order valence-corrected chi connectivity index (χ1v) is 4.70. The molecule has 0 aliphatic heterocycles. The van der Waals surface area contributed by atoms with Crippen LogP contribution in [0.4, 0.5) is 5.82 Å². The van der Waals surface area contributed by atoms with Gasteiger partial charge in [-0.05, 0) is 12.7 Å². The van der Waals surface area contributed by atoms with E-state index >= 15 is 0 Å². The molecule has 1 heterocycles. The average Bonchev–Trinajstić information content (AvgIpc) is 2.04. The van der Waals surface area contributed by atoms with E-state index in [1.807, 2.05) is 13.0 Å². The molecule has 0 aliphatic carbocycles. The third kappa shape index (κ3) is 2.35. The van der Waals surface area contributed by atoms with Crippen molar-refractivity contribution in [3.63, 3.8) is 0 Å². The molecule has 4 nitrogen and oxygen atoms in total. The van der Waals surface area contributed by atoms with E-state index in [9.17, 15) is 0 Å². The number of aryl methyl sites for hydroxylation is 1. The molecule has 1 rings (SSSR count). The summed E-state index contributed by atoms with van der Waals surface area (Å²) in [5.41, 5.74) is 2.50. The Kier molecular flexibility index (Phi) is 3.31. The first-order valence-electron chi connectivity index (χ1n) is 3.71. The Morgan fingerprint density at radius 2 is 2.33 bits per heavy atom. The van der Waals surface area contributed by atoms with Gasteiger partial charge in [0, 0.05) is 6.07 Å². The molecule has 0 radical (unpaired) electrons. The second-order valence-electron chi connectivity index (χ2n) is 2.22. The lowest BCUT2D eigenvalue weighted by Crippen LogP contribution is -2.09. The van der Waals surface area contributed by atoms with Crippen LogP contribution < -0.4 is 11.3 Å². The number of aromatic nitrogens is 2. The van der Waals surface area contributed by atoms with Gasteiger partial charge < -0.3 is 5.43 Å². The molecular weight excluding hydrogens is 172 g/mol. The second-order valence-corrected chi connectivity index (χ2v) is 3.50. The fraction of sp³-hybridized carbons (Fsp3) is 0.429. The zero-order valence-corrected chi connectivity index (χ0v) is 7.98. The highest BCUT2D eigenvalue weighted by Crippen LogP contribution is 2.17. The first kappa shape index (κ1) is 9.28. The molecule has 1 aromatic heterocycles. The number of hydrogen-bond acceptors (Lipinski definition) is 5. The van der Waals surface area contributed by atoms with E-state index in [4.69, 9.17) is 5.84 Å². The maximum Gasteiger partial charge on any atom is 0.144 e. The van der Waals surface area contributed by atoms with E-state index in [-0.39, 0.29) is 0 Å². The summed E-state index contributed by atoms with van der Waals surface area (Å²) in [7, 11) is 0. The average molecular weight is 184 g/mol. The lowest BCUT2D eigenvalue weighted by Gasteiger charge is -2.02. The maximum absolute atomic E-state index is 5.23. The van der Waals surface area contributed by atoms with Crippen molar-refractivity contribution in [2.75, 3.05) is 11.2 Å². The van der Waals surface area contributed by atoms with Crippen LogP contribution in [-0.4, -0.2) is 15.7 Å². The van der Waals surface area contributed by atoms with E-state index in [0.29, 0.717) is 5.82 Å². The van der Waals surface area contributed by atoms with Crippen LogP contribution in [0.3, 0.4) is 0 Å². The molecule has 0 amide bonds. The van der Waals surface area contributed by atoms with E-state index in [2.05, 4.69) is 22.3 Å². The molecule has 66 valence electrons. The van der Waals surface area contributed by atoms with Crippen LogP contribution in [0, 0.1) is 6.92 Å². The van der Waals surface area contributed by atoms with Gasteiger partial charge in [-0.25, -0.2) is 15.8 Å². The van der Waals surface area contributed by atoms with Crippen LogP contribution in [0.25, 0.3) is 0 Å². The Morgan fingerprint density at radius 3 is 2.92 bits per heavy atom. The number of hydrogen-bond donors (Lipinski definition) is 2. The SMILES string of the molecule is CCSc1cc(NN)nc(C)n1. The third-order valence-corrected chi connectivity index (χ3v) is 2.05. The summed E-state index contributed by atoms with van der Waals surface area (Å²) in [5, 5.41) is 0.956. The number of nitrogen functional groups attached to an aromatic ring is 1. The van der Waals surface area contributed by atoms with Crippen LogP contribution in [0.2, 0.25) is 0 Å². The molecule has 0 aliphatic rings. The quantitative estimate of drug-likeness (QED) is 0.320. The Morgan fingerprint density at radius 1 is 1.58 bits per heavy atom. The van der Waals surface area contributed by atoms with Crippen LogP contribution in [0.1, 0.15) is 12.7 Å². The monoisotopic (exact) mass is 184 g/mol. The molecule has 0 spiro atoms. The van der Waals surface area contributed by atoms with Gasteiger partial charge in [0.25, 0.3) is 0 Å². The smallest absolute Gasteiger partial charge is 0.144 e. The lowest BCUT2D eigenvalue weighted by atomic mass is 10.5. The van der Waals surface area contributed by atoms with E-state index in [0.717, 1.165) is 16.6 Å². The molecule has 3 N–H and O–H groups in total. The minimum absolute atomic E-state index is 0.665. The summed E-state index contributed by atoms with van der Waals surface area (Å²) >= 11 is 1.67. The van der Waals surface area contributed by atoms with Gasteiger partial charge in [-0.1, -0.05) is 6.92 Å². The number of rotatable bonds is 3. The van der Waals surface area contributed by atoms with Gasteiger partial charge in [0.05, 0.1) is 0 Å². The minimum Gasteiger partial charge on any atom is -0.308 e. The highest BCUT2D eigenvalue weighted by atomic mass is 32.2. The second kappa shape index (κ2) is 4.27. The van der Waals surface area contributed by atoms with Crippen molar-refractivity contribution in [1.29, 1.82) is 0 Å². The molecule has 1 aromatic rings. The van der Waals surface area contributed by atoms with Gasteiger partial charge in [0.15, 0.2) is 0 Å². The Hall–Kier alpha value is -0.810. The number of thioether (sulfide) groups is 1. The molecule has 0 saturated carbocycles. The summed E-state index contributed by atoms with van der Waals surface area (Å²) in [6, 6.07) is 1.83. The Labute approximate surface area is 75.9 Å². The van der Waals surface area contributed by atoms with E-state index < -0.39 is 0 Å². The zero-order chi connectivity index (χ0) is 8.97. The van der Waals surface area contributed by atoms with Gasteiger partial charge in [-0.2, -0.15) is 0 Å². The molecule has 0 aromatic carbocycles. The molecule has 0 saturated heterocycles. The highest BCUT2D eigenvalue weighted by Gasteiger charge is 1.99. The molecular formula is C7H12N4S. The van der Waals surface area contributed by atoms with Gasteiger partial charge >= 0.3 is 0 Å². The molecule has 12 heavy (non-hydrogen) atoms. The van der Waals surface area contributed by atoms with Crippen molar-refractivity contribution in [3.8, 4) is 0 Å². The largest absolute Gasteiger partial charge is 0.308 e. The van der Waals surface area contributed by atoms with Crippen LogP contribution in [0.15, 0.2) is 11.1 Å². The normalized spacial score (nSPS) is 9.92. The number of anilines is 1. The first-order chi connectivity index (χ1) is 5.76. The summed E-state index contributed by atoms with van der Waals surface area (Å²) < 4.78 is 0. The highest BCUT2D eigenvalue weighted by molar-refractivity contribution is 7.99. The summed E-state index contributed by atoms with van der Waals surface area (Å²) in [6.45, 7) is 3.93. The Bertz CT molecular complexity index is 264. The van der Waals surface area contributed by atoms with Crippen molar-refractivity contribution in [2.24, 2.45) is 5.84 Å². The van der Waals surface area contributed by atoms with Gasteiger partial charge in [0.2, 0.25) is 0 Å². The lowest BCUT2D eigenvalue weighted by molar-refractivity contribution is 0.964. The van der Waals surface area contributed by atoms with Crippen molar-refractivity contribution in [3.05, 3.63) is 11.9 Å². The molecule has 5 heteroatoms. The van der Waals surface area contributed by atoms with Crippen LogP contribution in [-0.2, 0) is 0 Å².